The minimum absolute atomic E-state index is 0.00925. The first-order chi connectivity index (χ1) is 16.6. The highest BCUT2D eigenvalue weighted by Crippen LogP contribution is 2.37. The van der Waals surface area contributed by atoms with Crippen molar-refractivity contribution in [2.75, 3.05) is 25.2 Å². The number of amides is 1. The van der Waals surface area contributed by atoms with E-state index >= 15 is 0 Å². The van der Waals surface area contributed by atoms with E-state index in [1.807, 2.05) is 53.4 Å². The number of hydrogen-bond donors (Lipinski definition) is 0. The number of carbonyl (C=O) groups excluding carboxylic acids is 1. The Morgan fingerprint density at radius 3 is 2.50 bits per heavy atom. The van der Waals surface area contributed by atoms with E-state index in [0.29, 0.717) is 31.9 Å². The molecule has 1 aromatic heterocycles. The minimum Gasteiger partial charge on any atom is -0.495 e. The van der Waals surface area contributed by atoms with Crippen LogP contribution in [0.4, 0.5) is 5.69 Å². The molecule has 5 rings (SSSR count). The second-order valence-electron chi connectivity index (χ2n) is 8.76. The van der Waals surface area contributed by atoms with E-state index in [0.717, 1.165) is 39.4 Å². The fraction of sp³-hybridized carbons (Fsp3) is 0.286. The van der Waals surface area contributed by atoms with Crippen LogP contribution in [0.15, 0.2) is 66.7 Å². The summed E-state index contributed by atoms with van der Waals surface area (Å²) in [5, 5.41) is 0. The third-order valence-electron chi connectivity index (χ3n) is 6.52. The molecule has 0 saturated carbocycles. The number of ether oxygens (including phenoxy) is 2. The summed E-state index contributed by atoms with van der Waals surface area (Å²) in [6, 6.07) is 22.0. The standard InChI is InChI=1S/C28H29N3O3/c1-19-9-8-10-20(2)27(19)34-16-15-30-23-12-5-4-11-22(23)29-28(30)21-17-26(32)31(18-21)24-13-6-7-14-25(24)33-3/h4-14,21H,15-18H2,1-3H3/t21-/m0/s1. The van der Waals surface area contributed by atoms with E-state index in [2.05, 4.69) is 36.6 Å². The van der Waals surface area contributed by atoms with Crippen LogP contribution < -0.4 is 14.4 Å². The summed E-state index contributed by atoms with van der Waals surface area (Å²) < 4.78 is 13.9. The number of imidazole rings is 1. The average molecular weight is 456 g/mol. The highest BCUT2D eigenvalue weighted by atomic mass is 16.5. The normalized spacial score (nSPS) is 15.8. The van der Waals surface area contributed by atoms with Crippen molar-refractivity contribution in [3.8, 4) is 11.5 Å². The van der Waals surface area contributed by atoms with Gasteiger partial charge in [0.25, 0.3) is 0 Å². The van der Waals surface area contributed by atoms with Crippen molar-refractivity contribution in [1.82, 2.24) is 9.55 Å². The van der Waals surface area contributed by atoms with Gasteiger partial charge in [-0.15, -0.1) is 0 Å². The Kier molecular flexibility index (Phi) is 5.97. The molecule has 34 heavy (non-hydrogen) atoms. The highest BCUT2D eigenvalue weighted by Gasteiger charge is 2.35. The monoisotopic (exact) mass is 455 g/mol. The maximum absolute atomic E-state index is 13.0. The Morgan fingerprint density at radius 1 is 0.971 bits per heavy atom. The Bertz CT molecular complexity index is 1320. The van der Waals surface area contributed by atoms with Crippen LogP contribution in [0.3, 0.4) is 0 Å². The summed E-state index contributed by atoms with van der Waals surface area (Å²) >= 11 is 0. The van der Waals surface area contributed by atoms with Crippen LogP contribution in [0.2, 0.25) is 0 Å². The number of methoxy groups -OCH3 is 1. The number of nitrogens with zero attached hydrogens (tertiary/aromatic N) is 3. The van der Waals surface area contributed by atoms with Gasteiger partial charge in [-0.25, -0.2) is 4.98 Å². The molecule has 0 unspecified atom stereocenters. The number of anilines is 1. The zero-order valence-corrected chi connectivity index (χ0v) is 19.8. The molecule has 3 aromatic carbocycles. The minimum atomic E-state index is -0.00925. The van der Waals surface area contributed by atoms with Gasteiger partial charge in [-0.05, 0) is 49.2 Å². The van der Waals surface area contributed by atoms with Crippen LogP contribution >= 0.6 is 0 Å². The molecule has 1 amide bonds. The zero-order chi connectivity index (χ0) is 23.7. The second-order valence-corrected chi connectivity index (χ2v) is 8.76. The smallest absolute Gasteiger partial charge is 0.227 e. The third kappa shape index (κ3) is 4.00. The van der Waals surface area contributed by atoms with Crippen LogP contribution in [0, 0.1) is 13.8 Å². The summed E-state index contributed by atoms with van der Waals surface area (Å²) in [5.41, 5.74) is 5.06. The summed E-state index contributed by atoms with van der Waals surface area (Å²) in [7, 11) is 1.63. The largest absolute Gasteiger partial charge is 0.495 e. The second kappa shape index (κ2) is 9.21. The predicted molar refractivity (Wildman–Crippen MR) is 134 cm³/mol. The quantitative estimate of drug-likeness (QED) is 0.381. The van der Waals surface area contributed by atoms with Gasteiger partial charge >= 0.3 is 0 Å². The zero-order valence-electron chi connectivity index (χ0n) is 19.8. The number of rotatable bonds is 7. The molecule has 1 fully saturated rings. The molecule has 2 heterocycles. The Balaban J connectivity index is 1.43. The van der Waals surface area contributed by atoms with Gasteiger partial charge in [0.05, 0.1) is 30.4 Å². The van der Waals surface area contributed by atoms with Crippen LogP contribution in [0.5, 0.6) is 11.5 Å². The van der Waals surface area contributed by atoms with Crippen molar-refractivity contribution >= 4 is 22.6 Å². The first-order valence-electron chi connectivity index (χ1n) is 11.6. The number of carbonyl (C=O) groups is 1. The molecular weight excluding hydrogens is 426 g/mol. The summed E-state index contributed by atoms with van der Waals surface area (Å²) in [6.07, 6.45) is 0.416. The van der Waals surface area contributed by atoms with Crippen molar-refractivity contribution in [2.24, 2.45) is 0 Å². The molecule has 0 spiro atoms. The molecule has 0 aliphatic carbocycles. The number of fused-ring (bicyclic) bond motifs is 1. The maximum atomic E-state index is 13.0. The molecule has 1 aliphatic rings. The Morgan fingerprint density at radius 2 is 1.71 bits per heavy atom. The molecule has 174 valence electrons. The number of hydrogen-bond acceptors (Lipinski definition) is 4. The molecule has 0 bridgehead atoms. The van der Waals surface area contributed by atoms with E-state index in [1.54, 1.807) is 7.11 Å². The van der Waals surface area contributed by atoms with Crippen LogP contribution in [0.25, 0.3) is 11.0 Å². The molecule has 1 saturated heterocycles. The third-order valence-corrected chi connectivity index (χ3v) is 6.52. The maximum Gasteiger partial charge on any atom is 0.227 e. The molecule has 6 nitrogen and oxygen atoms in total. The van der Waals surface area contributed by atoms with Crippen molar-refractivity contribution < 1.29 is 14.3 Å². The van der Waals surface area contributed by atoms with Gasteiger partial charge in [0.15, 0.2) is 0 Å². The van der Waals surface area contributed by atoms with E-state index in [1.165, 1.54) is 0 Å². The van der Waals surface area contributed by atoms with Crippen LogP contribution in [0.1, 0.15) is 29.3 Å². The van der Waals surface area contributed by atoms with Crippen molar-refractivity contribution in [3.05, 3.63) is 83.7 Å². The predicted octanol–water partition coefficient (Wildman–Crippen LogP) is 5.26. The lowest BCUT2D eigenvalue weighted by Crippen LogP contribution is -2.25. The lowest BCUT2D eigenvalue weighted by Gasteiger charge is -2.20. The van der Waals surface area contributed by atoms with Gasteiger partial charge in [0.1, 0.15) is 23.9 Å². The van der Waals surface area contributed by atoms with Crippen molar-refractivity contribution in [1.29, 1.82) is 0 Å². The topological polar surface area (TPSA) is 56.6 Å². The summed E-state index contributed by atoms with van der Waals surface area (Å²) in [5.74, 6) is 2.64. The summed E-state index contributed by atoms with van der Waals surface area (Å²) in [4.78, 5) is 19.8. The molecule has 1 aliphatic heterocycles. The lowest BCUT2D eigenvalue weighted by atomic mass is 10.1. The van der Waals surface area contributed by atoms with E-state index < -0.39 is 0 Å². The highest BCUT2D eigenvalue weighted by molar-refractivity contribution is 5.97. The number of para-hydroxylation sites is 5. The molecule has 0 N–H and O–H groups in total. The molecule has 1 atom stereocenters. The van der Waals surface area contributed by atoms with Gasteiger partial charge in [0.2, 0.25) is 5.91 Å². The van der Waals surface area contributed by atoms with Crippen LogP contribution in [-0.4, -0.2) is 35.7 Å². The lowest BCUT2D eigenvalue weighted by molar-refractivity contribution is -0.117. The van der Waals surface area contributed by atoms with Crippen molar-refractivity contribution in [2.45, 2.75) is 32.7 Å². The van der Waals surface area contributed by atoms with Crippen molar-refractivity contribution in [3.63, 3.8) is 0 Å². The average Bonchev–Trinajstić information content (AvgIpc) is 3.41. The SMILES string of the molecule is COc1ccccc1N1C[C@@H](c2nc3ccccc3n2CCOc2c(C)cccc2C)CC1=O. The summed E-state index contributed by atoms with van der Waals surface area (Å²) in [6.45, 7) is 5.88. The van der Waals surface area contributed by atoms with Gasteiger partial charge in [-0.1, -0.05) is 42.5 Å². The molecular formula is C28H29N3O3. The molecule has 4 aromatic rings. The van der Waals surface area contributed by atoms with Gasteiger partial charge < -0.3 is 18.9 Å². The van der Waals surface area contributed by atoms with E-state index in [9.17, 15) is 4.79 Å². The van der Waals surface area contributed by atoms with E-state index in [-0.39, 0.29) is 11.8 Å². The Hall–Kier alpha value is -3.80. The fourth-order valence-electron chi connectivity index (χ4n) is 4.87. The van der Waals surface area contributed by atoms with Gasteiger partial charge in [0, 0.05) is 18.9 Å². The molecule has 6 heteroatoms. The van der Waals surface area contributed by atoms with Crippen LogP contribution in [-0.2, 0) is 11.3 Å². The van der Waals surface area contributed by atoms with Gasteiger partial charge in [-0.2, -0.15) is 0 Å². The fourth-order valence-corrected chi connectivity index (χ4v) is 4.87. The first-order valence-corrected chi connectivity index (χ1v) is 11.6. The number of aryl methyl sites for hydroxylation is 2. The Labute approximate surface area is 199 Å². The number of benzene rings is 3. The molecule has 0 radical (unpaired) electrons. The first kappa shape index (κ1) is 22.0. The number of aromatic nitrogens is 2. The van der Waals surface area contributed by atoms with E-state index in [4.69, 9.17) is 14.5 Å². The van der Waals surface area contributed by atoms with Gasteiger partial charge in [-0.3, -0.25) is 4.79 Å².